The van der Waals surface area contributed by atoms with Crippen LogP contribution in [0.4, 0.5) is 0 Å². The number of thioether (sulfide) groups is 1. The average molecular weight is 350 g/mol. The molecule has 0 amide bonds. The maximum Gasteiger partial charge on any atom is 0.191 e. The second-order valence-electron chi connectivity index (χ2n) is 6.28. The summed E-state index contributed by atoms with van der Waals surface area (Å²) < 4.78 is 5.39. The Balaban J connectivity index is 1.76. The lowest BCUT2D eigenvalue weighted by molar-refractivity contribution is 0.411. The summed E-state index contributed by atoms with van der Waals surface area (Å²) >= 11 is 2.08. The van der Waals surface area contributed by atoms with Gasteiger partial charge >= 0.3 is 0 Å². The molecule has 2 atom stereocenters. The van der Waals surface area contributed by atoms with Crippen LogP contribution in [0.1, 0.15) is 37.3 Å². The van der Waals surface area contributed by atoms with Crippen LogP contribution in [0.2, 0.25) is 0 Å². The minimum absolute atomic E-state index is 0.555. The number of nitrogens with zero attached hydrogens (tertiary/aromatic N) is 1. The molecule has 1 aromatic carbocycles. The first kappa shape index (κ1) is 19.0. The van der Waals surface area contributed by atoms with Crippen molar-refractivity contribution in [2.24, 2.45) is 4.99 Å². The van der Waals surface area contributed by atoms with Crippen LogP contribution in [-0.2, 0) is 6.42 Å². The lowest BCUT2D eigenvalue weighted by Crippen LogP contribution is -2.43. The number of hydrogen-bond acceptors (Lipinski definition) is 3. The van der Waals surface area contributed by atoms with Crippen molar-refractivity contribution in [1.29, 1.82) is 0 Å². The summed E-state index contributed by atoms with van der Waals surface area (Å²) in [5.41, 5.74) is 2.45. The molecule has 0 heterocycles. The zero-order valence-corrected chi connectivity index (χ0v) is 16.2. The Morgan fingerprint density at radius 1 is 1.38 bits per heavy atom. The predicted octanol–water partition coefficient (Wildman–Crippen LogP) is 3.39. The van der Waals surface area contributed by atoms with E-state index in [0.29, 0.717) is 6.04 Å². The number of benzene rings is 1. The second-order valence-corrected chi connectivity index (χ2v) is 7.86. The average Bonchev–Trinajstić information content (AvgIpc) is 3.03. The summed E-state index contributed by atoms with van der Waals surface area (Å²) in [5.74, 6) is 3.09. The molecule has 1 aromatic rings. The molecule has 0 radical (unpaired) electrons. The highest BCUT2D eigenvalue weighted by atomic mass is 32.2. The SMILES string of the molecule is CCSC1CCC(NC(=NC)NCCc2ccc(C)c(OC)c2)C1. The van der Waals surface area contributed by atoms with Gasteiger partial charge in [0.25, 0.3) is 0 Å². The van der Waals surface area contributed by atoms with Crippen LogP contribution in [0.5, 0.6) is 5.75 Å². The summed E-state index contributed by atoms with van der Waals surface area (Å²) in [4.78, 5) is 4.36. The number of nitrogens with one attached hydrogen (secondary N) is 2. The molecular weight excluding hydrogens is 318 g/mol. The highest BCUT2D eigenvalue weighted by Crippen LogP contribution is 2.29. The van der Waals surface area contributed by atoms with Crippen molar-refractivity contribution >= 4 is 17.7 Å². The van der Waals surface area contributed by atoms with Gasteiger partial charge in [0.05, 0.1) is 7.11 Å². The van der Waals surface area contributed by atoms with Crippen molar-refractivity contribution in [3.05, 3.63) is 29.3 Å². The van der Waals surface area contributed by atoms with Gasteiger partial charge in [0.15, 0.2) is 5.96 Å². The van der Waals surface area contributed by atoms with E-state index >= 15 is 0 Å². The molecule has 1 aliphatic rings. The molecule has 2 unspecified atom stereocenters. The Morgan fingerprint density at radius 3 is 2.92 bits per heavy atom. The van der Waals surface area contributed by atoms with E-state index in [1.165, 1.54) is 36.1 Å². The van der Waals surface area contributed by atoms with E-state index in [-0.39, 0.29) is 0 Å². The highest BCUT2D eigenvalue weighted by Gasteiger charge is 2.24. The molecule has 0 bridgehead atoms. The first-order chi connectivity index (χ1) is 11.7. The van der Waals surface area contributed by atoms with Gasteiger partial charge in [0.2, 0.25) is 0 Å². The Morgan fingerprint density at radius 2 is 2.21 bits per heavy atom. The summed E-state index contributed by atoms with van der Waals surface area (Å²) in [5, 5.41) is 7.82. The van der Waals surface area contributed by atoms with Gasteiger partial charge in [-0.25, -0.2) is 0 Å². The molecule has 1 fully saturated rings. The number of rotatable bonds is 7. The van der Waals surface area contributed by atoms with Crippen LogP contribution in [0.25, 0.3) is 0 Å². The molecule has 2 rings (SSSR count). The summed E-state index contributed by atoms with van der Waals surface area (Å²) in [7, 11) is 3.57. The first-order valence-electron chi connectivity index (χ1n) is 8.88. The van der Waals surface area contributed by atoms with Gasteiger partial charge in [-0.15, -0.1) is 0 Å². The van der Waals surface area contributed by atoms with Crippen molar-refractivity contribution in [2.75, 3.05) is 26.5 Å². The number of aryl methyl sites for hydroxylation is 1. The van der Waals surface area contributed by atoms with E-state index in [0.717, 1.165) is 29.9 Å². The first-order valence-corrected chi connectivity index (χ1v) is 9.93. The standard InChI is InChI=1S/C19H31N3OS/c1-5-24-17-9-8-16(13-17)22-19(20-3)21-11-10-15-7-6-14(2)18(12-15)23-4/h6-7,12,16-17H,5,8-11,13H2,1-4H3,(H2,20,21,22). The number of guanidine groups is 1. The Labute approximate surface area is 150 Å². The number of ether oxygens (including phenoxy) is 1. The van der Waals surface area contributed by atoms with E-state index < -0.39 is 0 Å². The van der Waals surface area contributed by atoms with E-state index in [1.807, 2.05) is 7.05 Å². The molecule has 0 saturated heterocycles. The van der Waals surface area contributed by atoms with Crippen molar-refractivity contribution in [2.45, 2.75) is 50.8 Å². The lowest BCUT2D eigenvalue weighted by Gasteiger charge is -2.17. The number of methoxy groups -OCH3 is 1. The van der Waals surface area contributed by atoms with Gasteiger partial charge in [0, 0.05) is 24.9 Å². The predicted molar refractivity (Wildman–Crippen MR) is 105 cm³/mol. The van der Waals surface area contributed by atoms with E-state index in [2.05, 4.69) is 59.4 Å². The molecule has 1 aliphatic carbocycles. The van der Waals surface area contributed by atoms with Crippen LogP contribution in [0, 0.1) is 6.92 Å². The fraction of sp³-hybridized carbons (Fsp3) is 0.632. The van der Waals surface area contributed by atoms with E-state index in [1.54, 1.807) is 7.11 Å². The molecule has 2 N–H and O–H groups in total. The normalized spacial score (nSPS) is 20.9. The molecule has 5 heteroatoms. The molecule has 0 aliphatic heterocycles. The van der Waals surface area contributed by atoms with Gasteiger partial charge in [-0.1, -0.05) is 19.1 Å². The second kappa shape index (κ2) is 9.82. The topological polar surface area (TPSA) is 45.7 Å². The van der Waals surface area contributed by atoms with Crippen molar-refractivity contribution < 1.29 is 4.74 Å². The van der Waals surface area contributed by atoms with Crippen LogP contribution in [0.15, 0.2) is 23.2 Å². The monoisotopic (exact) mass is 349 g/mol. The fourth-order valence-corrected chi connectivity index (χ4v) is 4.33. The van der Waals surface area contributed by atoms with Gasteiger partial charge in [-0.05, 0) is 55.6 Å². The minimum atomic E-state index is 0.555. The third kappa shape index (κ3) is 5.62. The maximum absolute atomic E-state index is 5.39. The van der Waals surface area contributed by atoms with Gasteiger partial charge < -0.3 is 15.4 Å². The molecule has 24 heavy (non-hydrogen) atoms. The molecule has 1 saturated carbocycles. The van der Waals surface area contributed by atoms with Gasteiger partial charge in [0.1, 0.15) is 5.75 Å². The molecular formula is C19H31N3OS. The summed E-state index contributed by atoms with van der Waals surface area (Å²) in [6, 6.07) is 6.96. The zero-order valence-electron chi connectivity index (χ0n) is 15.4. The van der Waals surface area contributed by atoms with Crippen LogP contribution >= 0.6 is 11.8 Å². The Hall–Kier alpha value is -1.36. The molecule has 0 aromatic heterocycles. The van der Waals surface area contributed by atoms with Crippen molar-refractivity contribution in [3.63, 3.8) is 0 Å². The minimum Gasteiger partial charge on any atom is -0.496 e. The fourth-order valence-electron chi connectivity index (χ4n) is 3.19. The third-order valence-corrected chi connectivity index (χ3v) is 5.76. The Bertz CT molecular complexity index is 547. The van der Waals surface area contributed by atoms with Crippen molar-refractivity contribution in [1.82, 2.24) is 10.6 Å². The quantitative estimate of drug-likeness (QED) is 0.585. The molecule has 4 nitrogen and oxygen atoms in total. The zero-order chi connectivity index (χ0) is 17.4. The van der Waals surface area contributed by atoms with Crippen LogP contribution < -0.4 is 15.4 Å². The summed E-state index contributed by atoms with van der Waals surface area (Å²) in [6.45, 7) is 5.18. The van der Waals surface area contributed by atoms with Crippen LogP contribution in [-0.4, -0.2) is 43.7 Å². The molecule has 134 valence electrons. The van der Waals surface area contributed by atoms with Crippen LogP contribution in [0.3, 0.4) is 0 Å². The van der Waals surface area contributed by atoms with Gasteiger partial charge in [-0.2, -0.15) is 11.8 Å². The highest BCUT2D eigenvalue weighted by molar-refractivity contribution is 7.99. The maximum atomic E-state index is 5.39. The summed E-state index contributed by atoms with van der Waals surface area (Å²) in [6.07, 6.45) is 4.76. The largest absolute Gasteiger partial charge is 0.496 e. The number of aliphatic imine (C=N–C) groups is 1. The van der Waals surface area contributed by atoms with Crippen molar-refractivity contribution in [3.8, 4) is 5.75 Å². The third-order valence-electron chi connectivity index (χ3n) is 4.53. The smallest absolute Gasteiger partial charge is 0.191 e. The number of hydrogen-bond donors (Lipinski definition) is 2. The van der Waals surface area contributed by atoms with Gasteiger partial charge in [-0.3, -0.25) is 4.99 Å². The lowest BCUT2D eigenvalue weighted by atomic mass is 10.1. The Kier molecular flexibility index (Phi) is 7.76. The van der Waals surface area contributed by atoms with E-state index in [4.69, 9.17) is 4.74 Å². The molecule has 0 spiro atoms. The van der Waals surface area contributed by atoms with E-state index in [9.17, 15) is 0 Å².